The molecular formula is C6H12N2O2. The number of rotatable bonds is 3. The third-order valence-electron chi connectivity index (χ3n) is 1.83. The number of carbonyl (C=O) groups is 1. The number of nitrogens with two attached hydrogens (primary N) is 1. The molecular weight excluding hydrogens is 132 g/mol. The monoisotopic (exact) mass is 144 g/mol. The lowest BCUT2D eigenvalue weighted by Crippen LogP contribution is -2.53. The summed E-state index contributed by atoms with van der Waals surface area (Å²) in [6.07, 6.45) is 1.10. The minimum Gasteiger partial charge on any atom is -0.394 e. The van der Waals surface area contributed by atoms with Gasteiger partial charge in [0.2, 0.25) is 5.91 Å². The predicted molar refractivity (Wildman–Crippen MR) is 36.3 cm³/mol. The van der Waals surface area contributed by atoms with E-state index >= 15 is 0 Å². The fraction of sp³-hybridized carbons (Fsp3) is 0.833. The number of aliphatic hydroxyl groups excluding tert-OH is 1. The number of carbonyl (C=O) groups excluding carboxylic acids is 1. The third kappa shape index (κ3) is 1.27. The van der Waals surface area contributed by atoms with Gasteiger partial charge in [0.15, 0.2) is 0 Å². The summed E-state index contributed by atoms with van der Waals surface area (Å²) in [6, 6.07) is -0.450. The minimum absolute atomic E-state index is 0.157. The van der Waals surface area contributed by atoms with E-state index in [1.54, 1.807) is 0 Å². The maximum Gasteiger partial charge on any atom is 0.237 e. The van der Waals surface area contributed by atoms with Crippen molar-refractivity contribution in [3.05, 3.63) is 0 Å². The first kappa shape index (κ1) is 7.50. The zero-order valence-corrected chi connectivity index (χ0v) is 5.79. The molecule has 0 bridgehead atoms. The van der Waals surface area contributed by atoms with Crippen LogP contribution in [0.25, 0.3) is 0 Å². The van der Waals surface area contributed by atoms with Gasteiger partial charge in [-0.2, -0.15) is 0 Å². The van der Waals surface area contributed by atoms with Crippen LogP contribution in [0.5, 0.6) is 0 Å². The molecule has 4 heteroatoms. The summed E-state index contributed by atoms with van der Waals surface area (Å²) in [6.45, 7) is 1.61. The molecule has 0 radical (unpaired) electrons. The number of amides is 1. The molecule has 0 spiro atoms. The number of likely N-dealkylation sites (tertiary alicyclic amines) is 1. The van der Waals surface area contributed by atoms with Gasteiger partial charge in [-0.1, -0.05) is 0 Å². The van der Waals surface area contributed by atoms with Crippen LogP contribution in [0.3, 0.4) is 0 Å². The standard InChI is InChI=1S/C6H12N2O2/c7-6(10)5(4-9)8-2-1-3-8/h5,9H,1-4H2,(H2,7,10). The van der Waals surface area contributed by atoms with E-state index in [1.165, 1.54) is 0 Å². The van der Waals surface area contributed by atoms with Gasteiger partial charge in [-0.3, -0.25) is 9.69 Å². The number of hydrogen-bond acceptors (Lipinski definition) is 3. The Hall–Kier alpha value is -0.610. The molecule has 0 aromatic heterocycles. The molecule has 0 saturated carbocycles. The zero-order valence-electron chi connectivity index (χ0n) is 5.79. The molecule has 0 aromatic carbocycles. The van der Waals surface area contributed by atoms with Gasteiger partial charge >= 0.3 is 0 Å². The minimum atomic E-state index is -0.450. The number of nitrogens with zero attached hydrogens (tertiary/aromatic N) is 1. The highest BCUT2D eigenvalue weighted by atomic mass is 16.3. The molecule has 1 saturated heterocycles. The molecule has 1 fully saturated rings. The van der Waals surface area contributed by atoms with Crippen LogP contribution in [0.2, 0.25) is 0 Å². The van der Waals surface area contributed by atoms with Crippen LogP contribution in [0.4, 0.5) is 0 Å². The van der Waals surface area contributed by atoms with Crippen molar-refractivity contribution in [2.45, 2.75) is 12.5 Å². The second kappa shape index (κ2) is 2.98. The largest absolute Gasteiger partial charge is 0.394 e. The Balaban J connectivity index is 2.39. The molecule has 1 unspecified atom stereocenters. The van der Waals surface area contributed by atoms with Gasteiger partial charge in [0.25, 0.3) is 0 Å². The molecule has 0 aromatic rings. The lowest BCUT2D eigenvalue weighted by molar-refractivity contribution is -0.126. The van der Waals surface area contributed by atoms with Gasteiger partial charge in [0.1, 0.15) is 6.04 Å². The van der Waals surface area contributed by atoms with Crippen molar-refractivity contribution in [1.82, 2.24) is 4.90 Å². The summed E-state index contributed by atoms with van der Waals surface area (Å²) < 4.78 is 0. The summed E-state index contributed by atoms with van der Waals surface area (Å²) in [5.41, 5.74) is 5.02. The number of hydrogen-bond donors (Lipinski definition) is 2. The van der Waals surface area contributed by atoms with Crippen LogP contribution in [0.15, 0.2) is 0 Å². The quantitative estimate of drug-likeness (QED) is 0.508. The summed E-state index contributed by atoms with van der Waals surface area (Å²) in [7, 11) is 0. The Morgan fingerprint density at radius 3 is 2.40 bits per heavy atom. The highest BCUT2D eigenvalue weighted by molar-refractivity contribution is 5.80. The van der Waals surface area contributed by atoms with Gasteiger partial charge < -0.3 is 10.8 Å². The molecule has 1 heterocycles. The number of aliphatic hydroxyl groups is 1. The van der Waals surface area contributed by atoms with E-state index in [0.29, 0.717) is 0 Å². The van der Waals surface area contributed by atoms with Gasteiger partial charge in [0, 0.05) is 13.1 Å². The van der Waals surface area contributed by atoms with Crippen molar-refractivity contribution in [1.29, 1.82) is 0 Å². The zero-order chi connectivity index (χ0) is 7.56. The van der Waals surface area contributed by atoms with Crippen LogP contribution < -0.4 is 5.73 Å². The summed E-state index contributed by atoms with van der Waals surface area (Å²) in [5.74, 6) is -0.429. The molecule has 4 nitrogen and oxygen atoms in total. The maximum atomic E-state index is 10.6. The van der Waals surface area contributed by atoms with Gasteiger partial charge in [-0.15, -0.1) is 0 Å². The highest BCUT2D eigenvalue weighted by Gasteiger charge is 2.26. The smallest absolute Gasteiger partial charge is 0.237 e. The molecule has 1 atom stereocenters. The van der Waals surface area contributed by atoms with E-state index in [-0.39, 0.29) is 6.61 Å². The SMILES string of the molecule is NC(=O)C(CO)N1CCC1. The van der Waals surface area contributed by atoms with Crippen molar-refractivity contribution >= 4 is 5.91 Å². The van der Waals surface area contributed by atoms with Gasteiger partial charge in [0.05, 0.1) is 6.61 Å². The van der Waals surface area contributed by atoms with Crippen molar-refractivity contribution in [3.8, 4) is 0 Å². The Morgan fingerprint density at radius 1 is 1.70 bits per heavy atom. The lowest BCUT2D eigenvalue weighted by atomic mass is 10.1. The summed E-state index contributed by atoms with van der Waals surface area (Å²) in [5, 5.41) is 8.69. The van der Waals surface area contributed by atoms with Crippen LogP contribution in [-0.2, 0) is 4.79 Å². The number of primary amides is 1. The molecule has 1 amide bonds. The molecule has 10 heavy (non-hydrogen) atoms. The van der Waals surface area contributed by atoms with E-state index in [2.05, 4.69) is 0 Å². The summed E-state index contributed by atoms with van der Waals surface area (Å²) >= 11 is 0. The highest BCUT2D eigenvalue weighted by Crippen LogP contribution is 2.09. The normalized spacial score (nSPS) is 21.7. The second-order valence-corrected chi connectivity index (χ2v) is 2.49. The molecule has 58 valence electrons. The summed E-state index contributed by atoms with van der Waals surface area (Å²) in [4.78, 5) is 12.5. The fourth-order valence-electron chi connectivity index (χ4n) is 1.04. The van der Waals surface area contributed by atoms with Crippen molar-refractivity contribution in [3.63, 3.8) is 0 Å². The van der Waals surface area contributed by atoms with Crippen molar-refractivity contribution in [2.75, 3.05) is 19.7 Å². The van der Waals surface area contributed by atoms with E-state index in [0.717, 1.165) is 19.5 Å². The van der Waals surface area contributed by atoms with E-state index in [4.69, 9.17) is 10.8 Å². The third-order valence-corrected chi connectivity index (χ3v) is 1.83. The van der Waals surface area contributed by atoms with E-state index in [1.807, 2.05) is 4.90 Å². The molecule has 1 rings (SSSR count). The fourth-order valence-corrected chi connectivity index (χ4v) is 1.04. The molecule has 1 aliphatic heterocycles. The van der Waals surface area contributed by atoms with Gasteiger partial charge in [-0.25, -0.2) is 0 Å². The average molecular weight is 144 g/mol. The topological polar surface area (TPSA) is 66.6 Å². The van der Waals surface area contributed by atoms with E-state index < -0.39 is 11.9 Å². The molecule has 0 aliphatic carbocycles. The molecule has 1 aliphatic rings. The Morgan fingerprint density at radius 2 is 2.30 bits per heavy atom. The van der Waals surface area contributed by atoms with E-state index in [9.17, 15) is 4.79 Å². The van der Waals surface area contributed by atoms with Crippen molar-refractivity contribution < 1.29 is 9.90 Å². The van der Waals surface area contributed by atoms with Crippen LogP contribution in [-0.4, -0.2) is 41.7 Å². The Kier molecular flexibility index (Phi) is 2.24. The maximum absolute atomic E-state index is 10.6. The lowest BCUT2D eigenvalue weighted by Gasteiger charge is -2.35. The van der Waals surface area contributed by atoms with Crippen LogP contribution >= 0.6 is 0 Å². The first-order valence-electron chi connectivity index (χ1n) is 3.40. The Bertz CT molecular complexity index is 134. The van der Waals surface area contributed by atoms with Crippen LogP contribution in [0, 0.1) is 0 Å². The average Bonchev–Trinajstić information content (AvgIpc) is 1.76. The van der Waals surface area contributed by atoms with Crippen molar-refractivity contribution in [2.24, 2.45) is 5.73 Å². The van der Waals surface area contributed by atoms with Crippen LogP contribution in [0.1, 0.15) is 6.42 Å². The first-order valence-corrected chi connectivity index (χ1v) is 3.40. The second-order valence-electron chi connectivity index (χ2n) is 2.49. The van der Waals surface area contributed by atoms with Gasteiger partial charge in [-0.05, 0) is 6.42 Å². The predicted octanol–water partition coefficient (Wildman–Crippen LogP) is -1.46. The first-order chi connectivity index (χ1) is 4.75. The Labute approximate surface area is 59.6 Å². The molecule has 3 N–H and O–H groups in total.